The van der Waals surface area contributed by atoms with Gasteiger partial charge in [-0.25, -0.2) is 9.59 Å². The highest BCUT2D eigenvalue weighted by molar-refractivity contribution is 7.07. The molecule has 2 atom stereocenters. The van der Waals surface area contributed by atoms with Crippen LogP contribution < -0.4 is 0 Å². The second-order valence-electron chi connectivity index (χ2n) is 8.16. The highest BCUT2D eigenvalue weighted by Gasteiger charge is 2.42. The number of likely N-dealkylation sites (tertiary alicyclic amines) is 2. The zero-order valence-corrected chi connectivity index (χ0v) is 19.9. The number of fused-ring (bicyclic) bond motifs is 1. The second-order valence-corrected chi connectivity index (χ2v) is 8.94. The molecule has 36 heavy (non-hydrogen) atoms. The maximum Gasteiger partial charge on any atom is 0.490 e. The van der Waals surface area contributed by atoms with E-state index in [2.05, 4.69) is 56.7 Å². The Morgan fingerprint density at radius 3 is 1.86 bits per heavy atom. The smallest absolute Gasteiger partial charge is 0.475 e. The van der Waals surface area contributed by atoms with Crippen LogP contribution in [0.25, 0.3) is 0 Å². The number of aromatic nitrogens is 1. The van der Waals surface area contributed by atoms with Crippen LogP contribution >= 0.6 is 11.3 Å². The van der Waals surface area contributed by atoms with Crippen molar-refractivity contribution in [2.24, 2.45) is 0 Å². The average Bonchev–Trinajstić information content (AvgIpc) is 3.49. The summed E-state index contributed by atoms with van der Waals surface area (Å²) in [6, 6.07) is 10.1. The minimum absolute atomic E-state index is 0.723. The van der Waals surface area contributed by atoms with Gasteiger partial charge in [-0.05, 0) is 54.3 Å². The number of halogens is 6. The van der Waals surface area contributed by atoms with E-state index >= 15 is 0 Å². The number of rotatable bonds is 4. The zero-order chi connectivity index (χ0) is 27.1. The highest BCUT2D eigenvalue weighted by Crippen LogP contribution is 2.33. The number of carboxylic acid groups (broad SMARTS) is 2. The molecular formula is C22H25F6N3O4S. The third-order valence-electron chi connectivity index (χ3n) is 5.57. The zero-order valence-electron chi connectivity index (χ0n) is 19.1. The SMILES string of the molecule is Cc1cccc(CN2CC[C@@H]3[C@@H]2CCN3Cc2ccsc2)n1.O=C(O)C(F)(F)F.O=C(O)C(F)(F)F. The fourth-order valence-corrected chi connectivity index (χ4v) is 4.73. The Kier molecular flexibility index (Phi) is 10.3. The summed E-state index contributed by atoms with van der Waals surface area (Å²) in [6.07, 6.45) is -7.55. The molecule has 0 spiro atoms. The van der Waals surface area contributed by atoms with E-state index in [0.717, 1.165) is 30.9 Å². The second kappa shape index (κ2) is 12.5. The van der Waals surface area contributed by atoms with Crippen LogP contribution in [0.3, 0.4) is 0 Å². The molecule has 2 aliphatic heterocycles. The molecule has 2 fully saturated rings. The Morgan fingerprint density at radius 1 is 0.944 bits per heavy atom. The lowest BCUT2D eigenvalue weighted by atomic mass is 10.1. The van der Waals surface area contributed by atoms with Crippen LogP contribution in [0, 0.1) is 6.92 Å². The van der Waals surface area contributed by atoms with Gasteiger partial charge in [0, 0.05) is 44.0 Å². The van der Waals surface area contributed by atoms with E-state index in [1.807, 2.05) is 0 Å². The van der Waals surface area contributed by atoms with Crippen molar-refractivity contribution >= 4 is 23.3 Å². The fraction of sp³-hybridized carbons (Fsp3) is 0.500. The summed E-state index contributed by atoms with van der Waals surface area (Å²) in [5.74, 6) is -5.51. The number of alkyl halides is 6. The van der Waals surface area contributed by atoms with Gasteiger partial charge in [0.25, 0.3) is 0 Å². The maximum absolute atomic E-state index is 10.6. The van der Waals surface area contributed by atoms with E-state index in [0.29, 0.717) is 0 Å². The molecule has 0 saturated carbocycles. The van der Waals surface area contributed by atoms with E-state index in [4.69, 9.17) is 19.8 Å². The molecule has 7 nitrogen and oxygen atoms in total. The molecule has 2 saturated heterocycles. The predicted octanol–water partition coefficient (Wildman–Crippen LogP) is 4.57. The summed E-state index contributed by atoms with van der Waals surface area (Å²) < 4.78 is 63.5. The summed E-state index contributed by atoms with van der Waals surface area (Å²) in [5, 5.41) is 18.7. The Hall–Kier alpha value is -2.71. The lowest BCUT2D eigenvalue weighted by Gasteiger charge is -2.25. The number of aliphatic carboxylic acids is 2. The maximum atomic E-state index is 10.6. The van der Waals surface area contributed by atoms with E-state index in [1.165, 1.54) is 37.2 Å². The summed E-state index contributed by atoms with van der Waals surface area (Å²) in [6.45, 7) is 6.67. The standard InChI is InChI=1S/C18H23N3S.2C2HF3O2/c1-14-3-2-4-16(19-14)12-21-9-6-17-18(21)5-8-20(17)11-15-7-10-22-13-15;2*3-2(4,5)1(6)7/h2-4,7,10,13,17-18H,5-6,8-9,11-12H2,1H3;2*(H,6,7)/t17-,18+;;/m1../s1. The third kappa shape index (κ3) is 9.06. The summed E-state index contributed by atoms with van der Waals surface area (Å²) >= 11 is 1.81. The number of carbonyl (C=O) groups is 2. The number of carboxylic acids is 2. The molecule has 0 bridgehead atoms. The molecule has 0 amide bonds. The van der Waals surface area contributed by atoms with Gasteiger partial charge in [0.1, 0.15) is 0 Å². The first kappa shape index (κ1) is 29.5. The monoisotopic (exact) mass is 541 g/mol. The topological polar surface area (TPSA) is 94.0 Å². The number of aryl methyl sites for hydroxylation is 1. The van der Waals surface area contributed by atoms with Crippen LogP contribution in [0.15, 0.2) is 35.0 Å². The van der Waals surface area contributed by atoms with Crippen molar-refractivity contribution in [3.05, 3.63) is 52.0 Å². The van der Waals surface area contributed by atoms with E-state index in [-0.39, 0.29) is 0 Å². The van der Waals surface area contributed by atoms with Gasteiger partial charge >= 0.3 is 24.3 Å². The number of nitrogens with zero attached hydrogens (tertiary/aromatic N) is 3. The molecule has 2 aromatic rings. The summed E-state index contributed by atoms with van der Waals surface area (Å²) in [7, 11) is 0. The number of thiophene rings is 1. The van der Waals surface area contributed by atoms with Crippen LogP contribution in [0.1, 0.15) is 29.8 Å². The average molecular weight is 542 g/mol. The fourth-order valence-electron chi connectivity index (χ4n) is 4.07. The number of hydrogen-bond donors (Lipinski definition) is 2. The van der Waals surface area contributed by atoms with Crippen molar-refractivity contribution in [3.63, 3.8) is 0 Å². The first-order chi connectivity index (χ1) is 16.7. The third-order valence-corrected chi connectivity index (χ3v) is 6.30. The Labute approximate surface area is 207 Å². The predicted molar refractivity (Wildman–Crippen MR) is 118 cm³/mol. The molecule has 0 aliphatic carbocycles. The minimum atomic E-state index is -5.08. The molecule has 2 aromatic heterocycles. The quantitative estimate of drug-likeness (QED) is 0.548. The van der Waals surface area contributed by atoms with Gasteiger partial charge in [0.2, 0.25) is 0 Å². The Bertz CT molecular complexity index is 976. The molecule has 14 heteroatoms. The lowest BCUT2D eigenvalue weighted by molar-refractivity contribution is -0.193. The van der Waals surface area contributed by atoms with Crippen LogP contribution in [0.5, 0.6) is 0 Å². The molecular weight excluding hydrogens is 516 g/mol. The van der Waals surface area contributed by atoms with Crippen LogP contribution in [0.4, 0.5) is 26.3 Å². The van der Waals surface area contributed by atoms with E-state index in [1.54, 1.807) is 11.3 Å². The van der Waals surface area contributed by atoms with Gasteiger partial charge in [-0.2, -0.15) is 37.7 Å². The van der Waals surface area contributed by atoms with Gasteiger partial charge in [0.05, 0.1) is 5.69 Å². The van der Waals surface area contributed by atoms with Crippen molar-refractivity contribution in [1.82, 2.24) is 14.8 Å². The molecule has 0 aromatic carbocycles. The molecule has 0 unspecified atom stereocenters. The largest absolute Gasteiger partial charge is 0.490 e. The highest BCUT2D eigenvalue weighted by atomic mass is 32.1. The van der Waals surface area contributed by atoms with E-state index in [9.17, 15) is 26.3 Å². The molecule has 2 aliphatic rings. The minimum Gasteiger partial charge on any atom is -0.475 e. The first-order valence-electron chi connectivity index (χ1n) is 10.7. The Morgan fingerprint density at radius 2 is 1.44 bits per heavy atom. The van der Waals surface area contributed by atoms with Crippen molar-refractivity contribution < 1.29 is 46.1 Å². The van der Waals surface area contributed by atoms with Gasteiger partial charge in [-0.15, -0.1) is 0 Å². The number of pyridine rings is 1. The van der Waals surface area contributed by atoms with Crippen molar-refractivity contribution in [3.8, 4) is 0 Å². The molecule has 4 rings (SSSR count). The van der Waals surface area contributed by atoms with Crippen LogP contribution in [0.2, 0.25) is 0 Å². The summed E-state index contributed by atoms with van der Waals surface area (Å²) in [5.41, 5.74) is 3.82. The van der Waals surface area contributed by atoms with Gasteiger partial charge < -0.3 is 10.2 Å². The molecule has 4 heterocycles. The van der Waals surface area contributed by atoms with Gasteiger partial charge in [0.15, 0.2) is 0 Å². The van der Waals surface area contributed by atoms with Gasteiger partial charge in [-0.3, -0.25) is 14.8 Å². The number of hydrogen-bond acceptors (Lipinski definition) is 6. The van der Waals surface area contributed by atoms with Crippen molar-refractivity contribution in [2.75, 3.05) is 13.1 Å². The lowest BCUT2D eigenvalue weighted by Crippen LogP contribution is -2.36. The van der Waals surface area contributed by atoms with Crippen molar-refractivity contribution in [2.45, 2.75) is 57.3 Å². The van der Waals surface area contributed by atoms with Crippen molar-refractivity contribution in [1.29, 1.82) is 0 Å². The molecule has 0 radical (unpaired) electrons. The Balaban J connectivity index is 0.000000271. The normalized spacial score (nSPS) is 20.1. The first-order valence-corrected chi connectivity index (χ1v) is 11.6. The molecule has 2 N–H and O–H groups in total. The van der Waals surface area contributed by atoms with Crippen LogP contribution in [-0.4, -0.2) is 74.5 Å². The van der Waals surface area contributed by atoms with E-state index < -0.39 is 24.3 Å². The summed E-state index contributed by atoms with van der Waals surface area (Å²) in [4.78, 5) is 27.8. The van der Waals surface area contributed by atoms with Gasteiger partial charge in [-0.1, -0.05) is 6.07 Å². The van der Waals surface area contributed by atoms with Crippen LogP contribution in [-0.2, 0) is 22.7 Å². The molecule has 200 valence electrons.